The van der Waals surface area contributed by atoms with E-state index in [2.05, 4.69) is 33.8 Å². The first-order valence-electron chi connectivity index (χ1n) is 7.10. The van der Waals surface area contributed by atoms with E-state index in [4.69, 9.17) is 15.2 Å². The molecule has 1 atom stereocenters. The maximum atomic E-state index is 5.87. The first kappa shape index (κ1) is 14.2. The van der Waals surface area contributed by atoms with E-state index in [1.54, 1.807) is 0 Å². The number of halogens is 1. The Kier molecular flexibility index (Phi) is 3.93. The Labute approximate surface area is 128 Å². The third kappa shape index (κ3) is 2.80. The average molecular weight is 341 g/mol. The van der Waals surface area contributed by atoms with Crippen LogP contribution in [0.2, 0.25) is 0 Å². The third-order valence-corrected chi connectivity index (χ3v) is 4.97. The molecule has 110 valence electrons. The predicted molar refractivity (Wildman–Crippen MR) is 82.2 cm³/mol. The number of hydrogen-bond donors (Lipinski definition) is 1. The predicted octanol–water partition coefficient (Wildman–Crippen LogP) is 2.39. The summed E-state index contributed by atoms with van der Waals surface area (Å²) in [5, 5.41) is 0. The van der Waals surface area contributed by atoms with Gasteiger partial charge in [-0.15, -0.1) is 0 Å². The highest BCUT2D eigenvalue weighted by molar-refractivity contribution is 9.10. The molecule has 0 aliphatic carbocycles. The summed E-state index contributed by atoms with van der Waals surface area (Å²) in [5.41, 5.74) is 7.38. The molecule has 1 aromatic rings. The normalized spacial score (nSPS) is 25.9. The number of nitrogens with zero attached hydrogens (tertiary/aromatic N) is 1. The van der Waals surface area contributed by atoms with Crippen molar-refractivity contribution in [2.75, 3.05) is 32.8 Å². The van der Waals surface area contributed by atoms with Crippen LogP contribution in [0.15, 0.2) is 16.6 Å². The SMILES string of the molecule is CC1(CN)CCN(Cc2cc3c(cc2Br)OCCO3)C1. The standard InChI is InChI=1S/C15H21BrN2O2/c1-15(9-17)2-3-18(10-15)8-11-6-13-14(7-12(11)16)20-5-4-19-13/h6-7H,2-5,8-10,17H2,1H3. The van der Waals surface area contributed by atoms with E-state index in [1.165, 1.54) is 12.0 Å². The van der Waals surface area contributed by atoms with Crippen LogP contribution in [0.5, 0.6) is 11.5 Å². The maximum Gasteiger partial charge on any atom is 0.162 e. The molecule has 0 radical (unpaired) electrons. The van der Waals surface area contributed by atoms with Gasteiger partial charge in [0, 0.05) is 17.6 Å². The number of nitrogens with two attached hydrogens (primary N) is 1. The fraction of sp³-hybridized carbons (Fsp3) is 0.600. The van der Waals surface area contributed by atoms with E-state index < -0.39 is 0 Å². The van der Waals surface area contributed by atoms with Crippen molar-refractivity contribution in [3.05, 3.63) is 22.2 Å². The van der Waals surface area contributed by atoms with Gasteiger partial charge in [0.1, 0.15) is 13.2 Å². The fourth-order valence-electron chi connectivity index (χ4n) is 2.90. The first-order chi connectivity index (χ1) is 9.59. The summed E-state index contributed by atoms with van der Waals surface area (Å²) >= 11 is 3.64. The van der Waals surface area contributed by atoms with Gasteiger partial charge >= 0.3 is 0 Å². The molecule has 1 aromatic carbocycles. The van der Waals surface area contributed by atoms with Crippen LogP contribution in [0.25, 0.3) is 0 Å². The minimum Gasteiger partial charge on any atom is -0.486 e. The second-order valence-electron chi connectivity index (χ2n) is 6.06. The van der Waals surface area contributed by atoms with E-state index in [1.807, 2.05) is 6.07 Å². The minimum absolute atomic E-state index is 0.264. The number of hydrogen-bond acceptors (Lipinski definition) is 4. The Morgan fingerprint density at radius 1 is 1.30 bits per heavy atom. The summed E-state index contributed by atoms with van der Waals surface area (Å²) in [6.07, 6.45) is 1.17. The van der Waals surface area contributed by atoms with Gasteiger partial charge < -0.3 is 15.2 Å². The molecule has 0 aromatic heterocycles. The van der Waals surface area contributed by atoms with E-state index >= 15 is 0 Å². The summed E-state index contributed by atoms with van der Waals surface area (Å²) in [7, 11) is 0. The van der Waals surface area contributed by atoms with Crippen molar-refractivity contribution in [2.45, 2.75) is 19.9 Å². The van der Waals surface area contributed by atoms with E-state index in [-0.39, 0.29) is 5.41 Å². The van der Waals surface area contributed by atoms with Crippen molar-refractivity contribution < 1.29 is 9.47 Å². The summed E-state index contributed by atoms with van der Waals surface area (Å²) in [5.74, 6) is 1.69. The molecule has 1 fully saturated rings. The molecule has 1 saturated heterocycles. The van der Waals surface area contributed by atoms with Crippen LogP contribution in [0.3, 0.4) is 0 Å². The Hall–Kier alpha value is -0.780. The van der Waals surface area contributed by atoms with Crippen LogP contribution in [-0.4, -0.2) is 37.7 Å². The van der Waals surface area contributed by atoms with Crippen molar-refractivity contribution in [2.24, 2.45) is 11.1 Å². The average Bonchev–Trinajstić information content (AvgIpc) is 2.82. The Bertz CT molecular complexity index is 509. The number of rotatable bonds is 3. The Morgan fingerprint density at radius 2 is 2.00 bits per heavy atom. The van der Waals surface area contributed by atoms with Gasteiger partial charge in [-0.05, 0) is 42.6 Å². The van der Waals surface area contributed by atoms with Gasteiger partial charge in [0.25, 0.3) is 0 Å². The van der Waals surface area contributed by atoms with Crippen molar-refractivity contribution >= 4 is 15.9 Å². The summed E-state index contributed by atoms with van der Waals surface area (Å²) in [6, 6.07) is 4.11. The lowest BCUT2D eigenvalue weighted by molar-refractivity contribution is 0.171. The van der Waals surface area contributed by atoms with Crippen LogP contribution in [0.1, 0.15) is 18.9 Å². The van der Waals surface area contributed by atoms with Crippen molar-refractivity contribution in [3.63, 3.8) is 0 Å². The Morgan fingerprint density at radius 3 is 2.65 bits per heavy atom. The molecule has 0 amide bonds. The molecule has 0 spiro atoms. The molecule has 5 heteroatoms. The van der Waals surface area contributed by atoms with Crippen LogP contribution in [0.4, 0.5) is 0 Å². The van der Waals surface area contributed by atoms with Crippen LogP contribution >= 0.6 is 15.9 Å². The van der Waals surface area contributed by atoms with Crippen molar-refractivity contribution in [1.29, 1.82) is 0 Å². The molecule has 2 aliphatic heterocycles. The van der Waals surface area contributed by atoms with Gasteiger partial charge in [-0.3, -0.25) is 4.90 Å². The molecule has 0 saturated carbocycles. The number of likely N-dealkylation sites (tertiary alicyclic amines) is 1. The first-order valence-corrected chi connectivity index (χ1v) is 7.89. The van der Waals surface area contributed by atoms with Crippen LogP contribution in [0, 0.1) is 5.41 Å². The number of ether oxygens (including phenoxy) is 2. The van der Waals surface area contributed by atoms with Crippen molar-refractivity contribution in [3.8, 4) is 11.5 Å². The lowest BCUT2D eigenvalue weighted by Gasteiger charge is -2.24. The lowest BCUT2D eigenvalue weighted by atomic mass is 9.90. The minimum atomic E-state index is 0.264. The van der Waals surface area contributed by atoms with Gasteiger partial charge in [-0.1, -0.05) is 22.9 Å². The molecule has 2 N–H and O–H groups in total. The summed E-state index contributed by atoms with van der Waals surface area (Å²) < 4.78 is 12.3. The van der Waals surface area contributed by atoms with Crippen molar-refractivity contribution in [1.82, 2.24) is 4.90 Å². The monoisotopic (exact) mass is 340 g/mol. The molecule has 1 unspecified atom stereocenters. The quantitative estimate of drug-likeness (QED) is 0.917. The highest BCUT2D eigenvalue weighted by atomic mass is 79.9. The number of benzene rings is 1. The van der Waals surface area contributed by atoms with Gasteiger partial charge in [0.05, 0.1) is 0 Å². The fourth-order valence-corrected chi connectivity index (χ4v) is 3.34. The highest BCUT2D eigenvalue weighted by Gasteiger charge is 2.32. The van der Waals surface area contributed by atoms with E-state index in [0.29, 0.717) is 13.2 Å². The van der Waals surface area contributed by atoms with Gasteiger partial charge in [0.15, 0.2) is 11.5 Å². The van der Waals surface area contributed by atoms with E-state index in [0.717, 1.165) is 42.2 Å². The Balaban J connectivity index is 1.75. The van der Waals surface area contributed by atoms with Gasteiger partial charge in [0.2, 0.25) is 0 Å². The third-order valence-electron chi connectivity index (χ3n) is 4.23. The van der Waals surface area contributed by atoms with Crippen LogP contribution in [-0.2, 0) is 6.54 Å². The smallest absolute Gasteiger partial charge is 0.162 e. The molecule has 2 heterocycles. The summed E-state index contributed by atoms with van der Waals surface area (Å²) in [4.78, 5) is 2.46. The molecule has 3 rings (SSSR count). The summed E-state index contributed by atoms with van der Waals surface area (Å²) in [6.45, 7) is 7.37. The van der Waals surface area contributed by atoms with E-state index in [9.17, 15) is 0 Å². The lowest BCUT2D eigenvalue weighted by Crippen LogP contribution is -2.31. The molecular formula is C15H21BrN2O2. The second kappa shape index (κ2) is 5.54. The topological polar surface area (TPSA) is 47.7 Å². The molecule has 20 heavy (non-hydrogen) atoms. The van der Waals surface area contributed by atoms with Gasteiger partial charge in [-0.2, -0.15) is 0 Å². The van der Waals surface area contributed by atoms with Crippen LogP contribution < -0.4 is 15.2 Å². The molecular weight excluding hydrogens is 320 g/mol. The zero-order chi connectivity index (χ0) is 14.2. The molecule has 4 nitrogen and oxygen atoms in total. The zero-order valence-electron chi connectivity index (χ0n) is 11.8. The highest BCUT2D eigenvalue weighted by Crippen LogP contribution is 2.37. The molecule has 0 bridgehead atoms. The van der Waals surface area contributed by atoms with Gasteiger partial charge in [-0.25, -0.2) is 0 Å². The number of fused-ring (bicyclic) bond motifs is 1. The molecule has 2 aliphatic rings. The zero-order valence-corrected chi connectivity index (χ0v) is 13.4. The largest absolute Gasteiger partial charge is 0.486 e. The maximum absolute atomic E-state index is 5.87. The second-order valence-corrected chi connectivity index (χ2v) is 6.92.